The average molecular weight is 364 g/mol. The lowest BCUT2D eigenvalue weighted by molar-refractivity contribution is -0.159. The van der Waals surface area contributed by atoms with Crippen molar-refractivity contribution in [3.05, 3.63) is 35.9 Å². The maximum Gasteiger partial charge on any atom is 0.407 e. The molecule has 0 radical (unpaired) electrons. The van der Waals surface area contributed by atoms with E-state index in [1.54, 1.807) is 59.1 Å². The van der Waals surface area contributed by atoms with Gasteiger partial charge in [-0.15, -0.1) is 0 Å². The Bertz CT molecular complexity index is 608. The number of esters is 1. The van der Waals surface area contributed by atoms with Crippen LogP contribution in [0.25, 0.3) is 0 Å². The Kier molecular flexibility index (Phi) is 8.09. The molecule has 0 aliphatic rings. The molecule has 7 nitrogen and oxygen atoms in total. The molecule has 0 saturated heterocycles. The van der Waals surface area contributed by atoms with Crippen molar-refractivity contribution in [1.29, 1.82) is 0 Å². The highest BCUT2D eigenvalue weighted by atomic mass is 16.6. The van der Waals surface area contributed by atoms with Crippen molar-refractivity contribution in [2.75, 3.05) is 20.6 Å². The number of carbonyl (C=O) groups is 3. The first kappa shape index (κ1) is 21.5. The van der Waals surface area contributed by atoms with Crippen LogP contribution in [-0.4, -0.2) is 49.1 Å². The van der Waals surface area contributed by atoms with Gasteiger partial charge in [0.2, 0.25) is 6.10 Å². The Hall–Kier alpha value is -2.57. The molecule has 0 saturated carbocycles. The number of nitrogens with zero attached hydrogens (tertiary/aromatic N) is 1. The van der Waals surface area contributed by atoms with E-state index in [1.165, 1.54) is 4.90 Å². The number of carbonyl (C=O) groups excluding carboxylic acids is 3. The summed E-state index contributed by atoms with van der Waals surface area (Å²) in [5, 5.41) is 2.58. The molecule has 2 amide bonds. The molecule has 1 aromatic carbocycles. The van der Waals surface area contributed by atoms with Crippen molar-refractivity contribution >= 4 is 18.0 Å². The first-order chi connectivity index (χ1) is 12.1. The number of nitrogens with one attached hydrogen (secondary N) is 1. The Morgan fingerprint density at radius 2 is 1.73 bits per heavy atom. The van der Waals surface area contributed by atoms with E-state index in [1.807, 2.05) is 6.07 Å². The van der Waals surface area contributed by atoms with Gasteiger partial charge in [0, 0.05) is 32.6 Å². The minimum atomic E-state index is -0.975. The molecule has 0 aromatic heterocycles. The van der Waals surface area contributed by atoms with Crippen molar-refractivity contribution < 1.29 is 23.9 Å². The highest BCUT2D eigenvalue weighted by Gasteiger charge is 2.26. The monoisotopic (exact) mass is 364 g/mol. The summed E-state index contributed by atoms with van der Waals surface area (Å²) < 4.78 is 10.5. The molecule has 0 fully saturated rings. The van der Waals surface area contributed by atoms with Crippen LogP contribution in [0.4, 0.5) is 4.79 Å². The maximum absolute atomic E-state index is 12.3. The van der Waals surface area contributed by atoms with E-state index < -0.39 is 23.8 Å². The minimum absolute atomic E-state index is 0.0832. The van der Waals surface area contributed by atoms with Gasteiger partial charge < -0.3 is 19.7 Å². The number of rotatable bonds is 7. The van der Waals surface area contributed by atoms with Gasteiger partial charge in [0.1, 0.15) is 5.60 Å². The summed E-state index contributed by atoms with van der Waals surface area (Å²) in [6.07, 6.45) is -1.04. The Labute approximate surface area is 154 Å². The summed E-state index contributed by atoms with van der Waals surface area (Å²) in [7, 11) is 3.22. The number of ether oxygens (including phenoxy) is 2. The van der Waals surface area contributed by atoms with Crippen LogP contribution >= 0.6 is 0 Å². The molecule has 144 valence electrons. The van der Waals surface area contributed by atoms with Crippen molar-refractivity contribution in [3.63, 3.8) is 0 Å². The molecule has 1 rings (SSSR count). The highest BCUT2D eigenvalue weighted by molar-refractivity contribution is 5.84. The normalized spacial score (nSPS) is 12.0. The molecule has 0 heterocycles. The van der Waals surface area contributed by atoms with Crippen LogP contribution in [0.15, 0.2) is 30.3 Å². The standard InChI is InChI=1S/C19H28N2O5/c1-19(2,3)26-18(24)20-13-9-12-15(22)25-16(17(23)21(4)5)14-10-7-6-8-11-14/h6-8,10-11,16H,9,12-13H2,1-5H3,(H,20,24)/t16-/m1/s1. The van der Waals surface area contributed by atoms with Crippen molar-refractivity contribution in [2.45, 2.75) is 45.3 Å². The Balaban J connectivity index is 2.50. The van der Waals surface area contributed by atoms with E-state index >= 15 is 0 Å². The second kappa shape index (κ2) is 9.79. The number of likely N-dealkylation sites (N-methyl/N-ethyl adjacent to an activating group) is 1. The van der Waals surface area contributed by atoms with E-state index in [0.717, 1.165) is 0 Å². The van der Waals surface area contributed by atoms with Gasteiger partial charge in [0.15, 0.2) is 0 Å². The summed E-state index contributed by atoms with van der Waals surface area (Å²) in [6, 6.07) is 8.87. The van der Waals surface area contributed by atoms with Crippen LogP contribution in [0.3, 0.4) is 0 Å². The highest BCUT2D eigenvalue weighted by Crippen LogP contribution is 2.20. The predicted octanol–water partition coefficient (Wildman–Crippen LogP) is 2.66. The van der Waals surface area contributed by atoms with Gasteiger partial charge in [-0.2, -0.15) is 0 Å². The molecular weight excluding hydrogens is 336 g/mol. The van der Waals surface area contributed by atoms with Gasteiger partial charge in [0.05, 0.1) is 0 Å². The van der Waals surface area contributed by atoms with Gasteiger partial charge in [-0.3, -0.25) is 9.59 Å². The number of benzene rings is 1. The largest absolute Gasteiger partial charge is 0.447 e. The molecule has 0 unspecified atom stereocenters. The molecule has 0 aliphatic carbocycles. The van der Waals surface area contributed by atoms with E-state index in [2.05, 4.69) is 5.32 Å². The van der Waals surface area contributed by atoms with Crippen molar-refractivity contribution in [3.8, 4) is 0 Å². The predicted molar refractivity (Wildman–Crippen MR) is 97.4 cm³/mol. The van der Waals surface area contributed by atoms with Crippen LogP contribution in [0.2, 0.25) is 0 Å². The molecule has 7 heteroatoms. The summed E-state index contributed by atoms with van der Waals surface area (Å²) in [5.74, 6) is -0.809. The molecule has 1 N–H and O–H groups in total. The zero-order valence-electron chi connectivity index (χ0n) is 16.1. The SMILES string of the molecule is CN(C)C(=O)[C@H](OC(=O)CCCNC(=O)OC(C)(C)C)c1ccccc1. The number of hydrogen-bond acceptors (Lipinski definition) is 5. The zero-order valence-corrected chi connectivity index (χ0v) is 16.1. The topological polar surface area (TPSA) is 84.9 Å². The van der Waals surface area contributed by atoms with E-state index in [0.29, 0.717) is 12.0 Å². The summed E-state index contributed by atoms with van der Waals surface area (Å²) in [5.41, 5.74) is 0.0461. The summed E-state index contributed by atoms with van der Waals surface area (Å²) in [4.78, 5) is 37.3. The molecule has 0 bridgehead atoms. The first-order valence-electron chi connectivity index (χ1n) is 8.52. The number of amides is 2. The van der Waals surface area contributed by atoms with Crippen molar-refractivity contribution in [1.82, 2.24) is 10.2 Å². The third kappa shape index (κ3) is 8.00. The second-order valence-corrected chi connectivity index (χ2v) is 7.05. The lowest BCUT2D eigenvalue weighted by Gasteiger charge is -2.21. The Morgan fingerprint density at radius 3 is 2.27 bits per heavy atom. The molecule has 26 heavy (non-hydrogen) atoms. The molecular formula is C19H28N2O5. The quantitative estimate of drug-likeness (QED) is 0.594. The van der Waals surface area contributed by atoms with Crippen LogP contribution < -0.4 is 5.32 Å². The van der Waals surface area contributed by atoms with Crippen LogP contribution in [0.5, 0.6) is 0 Å². The average Bonchev–Trinajstić information content (AvgIpc) is 2.55. The minimum Gasteiger partial charge on any atom is -0.447 e. The molecule has 1 atom stereocenters. The first-order valence-corrected chi connectivity index (χ1v) is 8.52. The van der Waals surface area contributed by atoms with Gasteiger partial charge in [-0.1, -0.05) is 30.3 Å². The van der Waals surface area contributed by atoms with Gasteiger partial charge in [0.25, 0.3) is 5.91 Å². The van der Waals surface area contributed by atoms with Gasteiger partial charge >= 0.3 is 12.1 Å². The fourth-order valence-electron chi connectivity index (χ4n) is 2.05. The summed E-state index contributed by atoms with van der Waals surface area (Å²) in [6.45, 7) is 5.60. The number of hydrogen-bond donors (Lipinski definition) is 1. The third-order valence-corrected chi connectivity index (χ3v) is 3.24. The third-order valence-electron chi connectivity index (χ3n) is 3.24. The lowest BCUT2D eigenvalue weighted by Crippen LogP contribution is -2.33. The van der Waals surface area contributed by atoms with E-state index in [9.17, 15) is 14.4 Å². The van der Waals surface area contributed by atoms with Gasteiger partial charge in [-0.05, 0) is 27.2 Å². The molecule has 0 spiro atoms. The zero-order chi connectivity index (χ0) is 19.7. The van der Waals surface area contributed by atoms with Crippen LogP contribution in [0.1, 0.15) is 45.3 Å². The van der Waals surface area contributed by atoms with Crippen molar-refractivity contribution in [2.24, 2.45) is 0 Å². The van der Waals surface area contributed by atoms with E-state index in [-0.39, 0.29) is 18.9 Å². The van der Waals surface area contributed by atoms with Crippen LogP contribution in [0, 0.1) is 0 Å². The van der Waals surface area contributed by atoms with Crippen LogP contribution in [-0.2, 0) is 19.1 Å². The smallest absolute Gasteiger partial charge is 0.407 e. The Morgan fingerprint density at radius 1 is 1.12 bits per heavy atom. The van der Waals surface area contributed by atoms with E-state index in [4.69, 9.17) is 9.47 Å². The fourth-order valence-corrected chi connectivity index (χ4v) is 2.05. The maximum atomic E-state index is 12.3. The lowest BCUT2D eigenvalue weighted by atomic mass is 10.1. The fraction of sp³-hybridized carbons (Fsp3) is 0.526. The molecule has 0 aliphatic heterocycles. The number of alkyl carbamates (subject to hydrolysis) is 1. The molecule has 1 aromatic rings. The second-order valence-electron chi connectivity index (χ2n) is 7.05. The summed E-state index contributed by atoms with van der Waals surface area (Å²) >= 11 is 0. The van der Waals surface area contributed by atoms with Gasteiger partial charge in [-0.25, -0.2) is 4.79 Å².